The van der Waals surface area contributed by atoms with Crippen molar-refractivity contribution in [3.63, 3.8) is 0 Å². The molecule has 2 aromatic carbocycles. The number of amides is 2. The van der Waals surface area contributed by atoms with E-state index in [-0.39, 0.29) is 11.8 Å². The molecule has 1 fully saturated rings. The number of nitrogens with zero attached hydrogens (tertiary/aromatic N) is 2. The zero-order valence-corrected chi connectivity index (χ0v) is 17.0. The smallest absolute Gasteiger partial charge is 0.255 e. The van der Waals surface area contributed by atoms with Crippen LogP contribution in [0.2, 0.25) is 0 Å². The average molecular weight is 418 g/mol. The summed E-state index contributed by atoms with van der Waals surface area (Å²) in [5.74, 6) is 1.38. The van der Waals surface area contributed by atoms with Crippen LogP contribution in [0.15, 0.2) is 67.3 Å². The fraction of sp³-hybridized carbons (Fsp3) is 0.217. The van der Waals surface area contributed by atoms with Crippen molar-refractivity contribution in [1.82, 2.24) is 20.6 Å². The van der Waals surface area contributed by atoms with Crippen molar-refractivity contribution in [2.45, 2.75) is 24.9 Å². The Kier molecular flexibility index (Phi) is 5.79. The summed E-state index contributed by atoms with van der Waals surface area (Å²) in [6.07, 6.45) is 5.40. The Bertz CT molecular complexity index is 1070. The van der Waals surface area contributed by atoms with Gasteiger partial charge < -0.3 is 20.1 Å². The fourth-order valence-electron chi connectivity index (χ4n) is 3.10. The van der Waals surface area contributed by atoms with Crippen molar-refractivity contribution in [2.75, 3.05) is 7.11 Å². The maximum absolute atomic E-state index is 12.7. The molecule has 1 heterocycles. The molecule has 0 spiro atoms. The van der Waals surface area contributed by atoms with Crippen molar-refractivity contribution in [1.29, 1.82) is 0 Å². The van der Waals surface area contributed by atoms with E-state index in [9.17, 15) is 9.59 Å². The first-order valence-electron chi connectivity index (χ1n) is 9.85. The Labute approximate surface area is 179 Å². The number of benzene rings is 2. The van der Waals surface area contributed by atoms with Gasteiger partial charge >= 0.3 is 0 Å². The summed E-state index contributed by atoms with van der Waals surface area (Å²) in [5, 5.41) is 5.70. The maximum atomic E-state index is 12.7. The van der Waals surface area contributed by atoms with E-state index in [1.807, 2.05) is 48.5 Å². The molecule has 0 unspecified atom stereocenters. The Morgan fingerprint density at radius 1 is 1.00 bits per heavy atom. The van der Waals surface area contributed by atoms with Crippen LogP contribution in [0, 0.1) is 0 Å². The zero-order valence-electron chi connectivity index (χ0n) is 17.0. The van der Waals surface area contributed by atoms with Crippen molar-refractivity contribution in [3.8, 4) is 17.2 Å². The second-order valence-electron chi connectivity index (χ2n) is 7.24. The van der Waals surface area contributed by atoms with E-state index in [0.717, 1.165) is 5.56 Å². The SMILES string of the molecule is COc1ccccc1Oc1ccc(CNC(=O)C2(NC(=O)c3cncnc3)CC2)cc1. The molecule has 0 bridgehead atoms. The van der Waals surface area contributed by atoms with Gasteiger partial charge in [-0.1, -0.05) is 24.3 Å². The third-order valence-electron chi connectivity index (χ3n) is 5.03. The highest BCUT2D eigenvalue weighted by Gasteiger charge is 2.51. The number of carbonyl (C=O) groups is 2. The second kappa shape index (κ2) is 8.83. The van der Waals surface area contributed by atoms with E-state index in [2.05, 4.69) is 20.6 Å². The molecule has 0 atom stereocenters. The number of carbonyl (C=O) groups excluding carboxylic acids is 2. The Hall–Kier alpha value is -3.94. The lowest BCUT2D eigenvalue weighted by Gasteiger charge is -2.17. The minimum atomic E-state index is -0.861. The van der Waals surface area contributed by atoms with Gasteiger partial charge in [-0.15, -0.1) is 0 Å². The third-order valence-corrected chi connectivity index (χ3v) is 5.03. The molecule has 1 aromatic heterocycles. The Morgan fingerprint density at radius 2 is 1.68 bits per heavy atom. The van der Waals surface area contributed by atoms with E-state index >= 15 is 0 Å². The first kappa shape index (κ1) is 20.3. The van der Waals surface area contributed by atoms with Gasteiger partial charge in [0, 0.05) is 18.9 Å². The summed E-state index contributed by atoms with van der Waals surface area (Å²) in [4.78, 5) is 32.6. The molecule has 0 aliphatic heterocycles. The first-order chi connectivity index (χ1) is 15.1. The lowest BCUT2D eigenvalue weighted by atomic mass is 10.2. The van der Waals surface area contributed by atoms with Crippen LogP contribution in [-0.4, -0.2) is 34.4 Å². The molecule has 31 heavy (non-hydrogen) atoms. The molecule has 2 amide bonds. The summed E-state index contributed by atoms with van der Waals surface area (Å²) in [6.45, 7) is 0.347. The fourth-order valence-corrected chi connectivity index (χ4v) is 3.10. The largest absolute Gasteiger partial charge is 0.493 e. The Balaban J connectivity index is 1.32. The van der Waals surface area contributed by atoms with Crippen LogP contribution < -0.4 is 20.1 Å². The van der Waals surface area contributed by atoms with E-state index in [1.165, 1.54) is 18.7 Å². The molecule has 3 aromatic rings. The minimum Gasteiger partial charge on any atom is -0.493 e. The van der Waals surface area contributed by atoms with Gasteiger partial charge in [0.1, 0.15) is 17.6 Å². The number of nitrogens with one attached hydrogen (secondary N) is 2. The van der Waals surface area contributed by atoms with Crippen LogP contribution in [0.5, 0.6) is 17.2 Å². The summed E-state index contributed by atoms with van der Waals surface area (Å²) >= 11 is 0. The van der Waals surface area contributed by atoms with Crippen LogP contribution in [-0.2, 0) is 11.3 Å². The number of hydrogen-bond donors (Lipinski definition) is 2. The summed E-state index contributed by atoms with van der Waals surface area (Å²) < 4.78 is 11.2. The number of rotatable bonds is 8. The van der Waals surface area contributed by atoms with E-state index in [1.54, 1.807) is 7.11 Å². The minimum absolute atomic E-state index is 0.202. The van der Waals surface area contributed by atoms with Crippen molar-refractivity contribution in [2.24, 2.45) is 0 Å². The molecule has 158 valence electrons. The second-order valence-corrected chi connectivity index (χ2v) is 7.24. The van der Waals surface area contributed by atoms with Gasteiger partial charge in [0.05, 0.1) is 12.7 Å². The zero-order chi connectivity index (χ0) is 21.7. The van der Waals surface area contributed by atoms with E-state index in [4.69, 9.17) is 9.47 Å². The molecule has 0 saturated heterocycles. The number of para-hydroxylation sites is 2. The van der Waals surface area contributed by atoms with Gasteiger partial charge in [-0.25, -0.2) is 9.97 Å². The van der Waals surface area contributed by atoms with Crippen molar-refractivity contribution >= 4 is 11.8 Å². The van der Waals surface area contributed by atoms with E-state index < -0.39 is 5.54 Å². The normalized spacial score (nSPS) is 13.7. The number of ether oxygens (including phenoxy) is 2. The lowest BCUT2D eigenvalue weighted by molar-refractivity contribution is -0.124. The standard InChI is InChI=1S/C23H22N4O4/c1-30-19-4-2-3-5-20(19)31-18-8-6-16(7-9-18)12-26-22(29)23(10-11-23)27-21(28)17-13-24-15-25-14-17/h2-9,13-15H,10-12H2,1H3,(H,26,29)(H,27,28). The molecule has 8 heteroatoms. The highest BCUT2D eigenvalue weighted by Crippen LogP contribution is 2.36. The number of methoxy groups -OCH3 is 1. The summed E-state index contributed by atoms with van der Waals surface area (Å²) in [7, 11) is 1.59. The predicted octanol–water partition coefficient (Wildman–Crippen LogP) is 2.86. The molecular weight excluding hydrogens is 396 g/mol. The third kappa shape index (κ3) is 4.80. The molecule has 1 saturated carbocycles. The van der Waals surface area contributed by atoms with Gasteiger partial charge in [-0.05, 0) is 42.7 Å². The summed E-state index contributed by atoms with van der Waals surface area (Å²) in [6, 6.07) is 14.8. The van der Waals surface area contributed by atoms with Crippen molar-refractivity contribution < 1.29 is 19.1 Å². The van der Waals surface area contributed by atoms with Crippen LogP contribution in [0.4, 0.5) is 0 Å². The van der Waals surface area contributed by atoms with Crippen molar-refractivity contribution in [3.05, 3.63) is 78.4 Å². The molecule has 4 rings (SSSR count). The van der Waals surface area contributed by atoms with Crippen LogP contribution >= 0.6 is 0 Å². The molecule has 0 radical (unpaired) electrons. The van der Waals surface area contributed by atoms with Crippen LogP contribution in [0.25, 0.3) is 0 Å². The highest BCUT2D eigenvalue weighted by atomic mass is 16.5. The maximum Gasteiger partial charge on any atom is 0.255 e. The van der Waals surface area contributed by atoms with Gasteiger partial charge in [-0.2, -0.15) is 0 Å². The van der Waals surface area contributed by atoms with Gasteiger partial charge in [-0.3, -0.25) is 9.59 Å². The number of hydrogen-bond acceptors (Lipinski definition) is 6. The first-order valence-corrected chi connectivity index (χ1v) is 9.85. The topological polar surface area (TPSA) is 102 Å². The monoisotopic (exact) mass is 418 g/mol. The number of aromatic nitrogens is 2. The van der Waals surface area contributed by atoms with Gasteiger partial charge in [0.25, 0.3) is 5.91 Å². The predicted molar refractivity (Wildman–Crippen MR) is 113 cm³/mol. The molecular formula is C23H22N4O4. The Morgan fingerprint density at radius 3 is 2.32 bits per heavy atom. The molecule has 2 N–H and O–H groups in total. The lowest BCUT2D eigenvalue weighted by Crippen LogP contribution is -2.48. The van der Waals surface area contributed by atoms with Gasteiger partial charge in [0.15, 0.2) is 11.5 Å². The molecule has 1 aliphatic rings. The molecule has 8 nitrogen and oxygen atoms in total. The summed E-state index contributed by atoms with van der Waals surface area (Å²) in [5.41, 5.74) is 0.381. The average Bonchev–Trinajstić information content (AvgIpc) is 3.60. The van der Waals surface area contributed by atoms with Crippen LogP contribution in [0.1, 0.15) is 28.8 Å². The van der Waals surface area contributed by atoms with E-state index in [0.29, 0.717) is 42.2 Å². The van der Waals surface area contributed by atoms with Crippen LogP contribution in [0.3, 0.4) is 0 Å². The quantitative estimate of drug-likeness (QED) is 0.583. The molecule has 1 aliphatic carbocycles. The highest BCUT2D eigenvalue weighted by molar-refractivity contribution is 6.00. The van der Waals surface area contributed by atoms with Gasteiger partial charge in [0.2, 0.25) is 5.91 Å².